The van der Waals surface area contributed by atoms with Crippen LogP contribution in [0.2, 0.25) is 0 Å². The van der Waals surface area contributed by atoms with Crippen LogP contribution in [0.3, 0.4) is 0 Å². The largest absolute Gasteiger partial charge is 0.452 e. The number of piperazine rings is 1. The van der Waals surface area contributed by atoms with E-state index in [0.29, 0.717) is 18.7 Å². The lowest BCUT2D eigenvalue weighted by molar-refractivity contribution is -0.384. The van der Waals surface area contributed by atoms with E-state index in [4.69, 9.17) is 4.74 Å². The fraction of sp³-hybridized carbons (Fsp3) is 0.304. The Balaban J connectivity index is 1.39. The van der Waals surface area contributed by atoms with Crippen molar-refractivity contribution in [3.05, 3.63) is 81.4 Å². The van der Waals surface area contributed by atoms with E-state index < -0.39 is 10.9 Å². The van der Waals surface area contributed by atoms with Crippen molar-refractivity contribution < 1.29 is 19.2 Å². The van der Waals surface area contributed by atoms with Gasteiger partial charge in [-0.05, 0) is 36.3 Å². The first-order valence-electron chi connectivity index (χ1n) is 10.1. The predicted molar refractivity (Wildman–Crippen MR) is 116 cm³/mol. The highest BCUT2D eigenvalue weighted by Gasteiger charge is 2.21. The summed E-state index contributed by atoms with van der Waals surface area (Å²) in [6.07, 6.45) is 2.69. The zero-order chi connectivity index (χ0) is 22.2. The molecule has 0 atom stereocenters. The lowest BCUT2D eigenvalue weighted by Crippen LogP contribution is -2.49. The number of amides is 1. The molecule has 2 aromatic rings. The Morgan fingerprint density at radius 1 is 1.10 bits per heavy atom. The predicted octanol–water partition coefficient (Wildman–Crippen LogP) is 2.80. The minimum atomic E-state index is -0.634. The molecule has 0 radical (unpaired) electrons. The number of nitrogens with zero attached hydrogens (tertiary/aromatic N) is 3. The van der Waals surface area contributed by atoms with Crippen molar-refractivity contribution in [3.63, 3.8) is 0 Å². The van der Waals surface area contributed by atoms with Gasteiger partial charge in [0.2, 0.25) is 0 Å². The maximum absolute atomic E-state index is 12.3. The molecular formula is C23H25N3O5. The summed E-state index contributed by atoms with van der Waals surface area (Å²) < 4.78 is 5.04. The maximum Gasteiger partial charge on any atom is 0.331 e. The van der Waals surface area contributed by atoms with Crippen LogP contribution in [-0.2, 0) is 20.9 Å². The van der Waals surface area contributed by atoms with Gasteiger partial charge in [-0.25, -0.2) is 4.79 Å². The maximum atomic E-state index is 12.3. The second-order valence-electron chi connectivity index (χ2n) is 7.44. The van der Waals surface area contributed by atoms with Crippen molar-refractivity contribution in [3.8, 4) is 0 Å². The molecule has 162 valence electrons. The second-order valence-corrected chi connectivity index (χ2v) is 7.44. The van der Waals surface area contributed by atoms with Crippen LogP contribution in [0, 0.1) is 17.0 Å². The van der Waals surface area contributed by atoms with Gasteiger partial charge in [-0.2, -0.15) is 0 Å². The van der Waals surface area contributed by atoms with Crippen LogP contribution in [0.25, 0.3) is 6.08 Å². The molecule has 1 aliphatic heterocycles. The van der Waals surface area contributed by atoms with Gasteiger partial charge in [0.1, 0.15) is 0 Å². The van der Waals surface area contributed by atoms with Crippen LogP contribution in [0.15, 0.2) is 54.6 Å². The third-order valence-electron chi connectivity index (χ3n) is 5.07. The normalized spacial score (nSPS) is 14.5. The number of ether oxygens (including phenoxy) is 1. The lowest BCUT2D eigenvalue weighted by atomic mass is 10.1. The number of nitro groups is 1. The summed E-state index contributed by atoms with van der Waals surface area (Å²) in [6.45, 7) is 5.36. The second kappa shape index (κ2) is 10.5. The molecule has 0 bridgehead atoms. The van der Waals surface area contributed by atoms with Crippen LogP contribution in [-0.4, -0.2) is 59.4 Å². The average molecular weight is 423 g/mol. The van der Waals surface area contributed by atoms with Crippen molar-refractivity contribution in [1.29, 1.82) is 0 Å². The zero-order valence-electron chi connectivity index (χ0n) is 17.4. The molecule has 31 heavy (non-hydrogen) atoms. The van der Waals surface area contributed by atoms with Crippen LogP contribution in [0.1, 0.15) is 16.7 Å². The number of esters is 1. The number of non-ortho nitro benzene ring substituents is 1. The molecule has 0 aromatic heterocycles. The van der Waals surface area contributed by atoms with E-state index in [9.17, 15) is 19.7 Å². The number of hydrogen-bond acceptors (Lipinski definition) is 6. The van der Waals surface area contributed by atoms with Gasteiger partial charge in [0, 0.05) is 50.9 Å². The van der Waals surface area contributed by atoms with E-state index >= 15 is 0 Å². The Labute approximate surface area is 180 Å². The van der Waals surface area contributed by atoms with Crippen molar-refractivity contribution in [2.75, 3.05) is 32.8 Å². The average Bonchev–Trinajstić information content (AvgIpc) is 2.77. The Kier molecular flexibility index (Phi) is 7.50. The molecule has 1 heterocycles. The van der Waals surface area contributed by atoms with Gasteiger partial charge in [-0.3, -0.25) is 19.8 Å². The van der Waals surface area contributed by atoms with Crippen LogP contribution >= 0.6 is 0 Å². The van der Waals surface area contributed by atoms with Gasteiger partial charge in [-0.15, -0.1) is 0 Å². The molecule has 3 rings (SSSR count). The Hall–Kier alpha value is -3.52. The number of benzene rings is 2. The minimum Gasteiger partial charge on any atom is -0.452 e. The summed E-state index contributed by atoms with van der Waals surface area (Å²) in [6, 6.07) is 14.2. The van der Waals surface area contributed by atoms with Gasteiger partial charge < -0.3 is 9.64 Å². The summed E-state index contributed by atoms with van der Waals surface area (Å²) in [5.41, 5.74) is 3.09. The van der Waals surface area contributed by atoms with Gasteiger partial charge in [0.25, 0.3) is 11.6 Å². The van der Waals surface area contributed by atoms with E-state index in [2.05, 4.69) is 36.1 Å². The first kappa shape index (κ1) is 22.2. The Morgan fingerprint density at radius 2 is 1.81 bits per heavy atom. The highest BCUT2D eigenvalue weighted by atomic mass is 16.6. The summed E-state index contributed by atoms with van der Waals surface area (Å²) in [5.74, 6) is -0.850. The molecule has 0 saturated carbocycles. The summed E-state index contributed by atoms with van der Waals surface area (Å²) in [7, 11) is 0. The summed E-state index contributed by atoms with van der Waals surface area (Å²) >= 11 is 0. The molecule has 1 saturated heterocycles. The molecule has 8 nitrogen and oxygen atoms in total. The standard InChI is InChI=1S/C23H25N3O5/c1-18-3-2-4-20(15-18)16-24-11-13-25(14-12-24)22(27)17-31-23(28)10-7-19-5-8-21(9-6-19)26(29)30/h2-10,15H,11-14,16-17H2,1H3. The molecule has 1 amide bonds. The quantitative estimate of drug-likeness (QED) is 0.294. The number of carbonyl (C=O) groups is 2. The van der Waals surface area contributed by atoms with Gasteiger partial charge in [0.05, 0.1) is 4.92 Å². The minimum absolute atomic E-state index is 0.0238. The summed E-state index contributed by atoms with van der Waals surface area (Å²) in [5, 5.41) is 10.6. The highest BCUT2D eigenvalue weighted by molar-refractivity contribution is 5.89. The van der Waals surface area contributed by atoms with Crippen LogP contribution in [0.4, 0.5) is 5.69 Å². The fourth-order valence-electron chi connectivity index (χ4n) is 3.37. The zero-order valence-corrected chi connectivity index (χ0v) is 17.4. The van der Waals surface area contributed by atoms with Gasteiger partial charge >= 0.3 is 5.97 Å². The molecular weight excluding hydrogens is 398 g/mol. The van der Waals surface area contributed by atoms with E-state index in [-0.39, 0.29) is 18.2 Å². The number of hydrogen-bond donors (Lipinski definition) is 0. The van der Waals surface area contributed by atoms with E-state index in [1.165, 1.54) is 47.5 Å². The van der Waals surface area contributed by atoms with E-state index in [1.807, 2.05) is 0 Å². The molecule has 1 aliphatic rings. The Bertz CT molecular complexity index is 963. The molecule has 8 heteroatoms. The van der Waals surface area contributed by atoms with Crippen molar-refractivity contribution in [2.24, 2.45) is 0 Å². The number of rotatable bonds is 7. The topological polar surface area (TPSA) is 93.0 Å². The van der Waals surface area contributed by atoms with Crippen LogP contribution in [0.5, 0.6) is 0 Å². The summed E-state index contributed by atoms with van der Waals surface area (Å²) in [4.78, 5) is 38.4. The first-order chi connectivity index (χ1) is 14.9. The fourth-order valence-corrected chi connectivity index (χ4v) is 3.37. The number of aryl methyl sites for hydroxylation is 1. The van der Waals surface area contributed by atoms with Crippen molar-refractivity contribution >= 4 is 23.6 Å². The Morgan fingerprint density at radius 3 is 2.45 bits per heavy atom. The van der Waals surface area contributed by atoms with Crippen LogP contribution < -0.4 is 0 Å². The van der Waals surface area contributed by atoms with E-state index in [0.717, 1.165) is 19.6 Å². The first-order valence-corrected chi connectivity index (χ1v) is 10.1. The van der Waals surface area contributed by atoms with Gasteiger partial charge in [0.15, 0.2) is 6.61 Å². The molecule has 0 unspecified atom stereocenters. The smallest absolute Gasteiger partial charge is 0.331 e. The molecule has 0 aliphatic carbocycles. The molecule has 0 N–H and O–H groups in total. The van der Waals surface area contributed by atoms with Crippen molar-refractivity contribution in [2.45, 2.75) is 13.5 Å². The number of carbonyl (C=O) groups excluding carboxylic acids is 2. The SMILES string of the molecule is Cc1cccc(CN2CCN(C(=O)COC(=O)C=Cc3ccc([N+](=O)[O-])cc3)CC2)c1. The monoisotopic (exact) mass is 423 g/mol. The molecule has 0 spiro atoms. The third-order valence-corrected chi connectivity index (χ3v) is 5.07. The third kappa shape index (κ3) is 6.75. The molecule has 1 fully saturated rings. The molecule has 2 aromatic carbocycles. The number of nitro benzene ring substituents is 1. The lowest BCUT2D eigenvalue weighted by Gasteiger charge is -2.34. The van der Waals surface area contributed by atoms with Gasteiger partial charge in [-0.1, -0.05) is 29.8 Å². The highest BCUT2D eigenvalue weighted by Crippen LogP contribution is 2.13. The van der Waals surface area contributed by atoms with E-state index in [1.54, 1.807) is 4.90 Å². The van der Waals surface area contributed by atoms with Crippen molar-refractivity contribution in [1.82, 2.24) is 9.80 Å².